The van der Waals surface area contributed by atoms with E-state index in [1.165, 1.54) is 0 Å². The van der Waals surface area contributed by atoms with Crippen LogP contribution in [-0.2, 0) is 0 Å². The summed E-state index contributed by atoms with van der Waals surface area (Å²) in [5, 5.41) is 26.2. The average molecular weight is 154 g/mol. The van der Waals surface area contributed by atoms with Gasteiger partial charge < -0.3 is 20.9 Å². The molecular formula is C5H7BN2O3. The summed E-state index contributed by atoms with van der Waals surface area (Å²) in [6.07, 6.45) is 1.13. The van der Waals surface area contributed by atoms with Crippen LogP contribution in [0.25, 0.3) is 0 Å². The molecule has 0 aliphatic heterocycles. The Morgan fingerprint density at radius 1 is 1.45 bits per heavy atom. The first kappa shape index (κ1) is 7.84. The molecule has 0 bridgehead atoms. The van der Waals surface area contributed by atoms with Crippen molar-refractivity contribution in [3.8, 4) is 5.75 Å². The van der Waals surface area contributed by atoms with Gasteiger partial charge in [0.2, 0.25) is 0 Å². The van der Waals surface area contributed by atoms with Crippen LogP contribution in [0.1, 0.15) is 0 Å². The van der Waals surface area contributed by atoms with Crippen molar-refractivity contribution in [2.24, 2.45) is 0 Å². The first-order chi connectivity index (χ1) is 5.11. The van der Waals surface area contributed by atoms with Gasteiger partial charge in [0.15, 0.2) is 0 Å². The fraction of sp³-hybridized carbons (Fsp3) is 0. The highest BCUT2D eigenvalue weighted by Crippen LogP contribution is 2.04. The van der Waals surface area contributed by atoms with Crippen LogP contribution < -0.4 is 11.2 Å². The molecule has 1 heterocycles. The van der Waals surface area contributed by atoms with Gasteiger partial charge in [-0.1, -0.05) is 0 Å². The quantitative estimate of drug-likeness (QED) is 0.352. The zero-order valence-corrected chi connectivity index (χ0v) is 5.60. The summed E-state index contributed by atoms with van der Waals surface area (Å²) in [5.74, 6) is -0.153. The minimum absolute atomic E-state index is 0.00204. The standard InChI is InChI=1S/C5H7BN2O3/c7-5-4(6(10)11)1-3(9)2-8-5/h1-2,9-11H,(H2,7,8). The van der Waals surface area contributed by atoms with Crippen LogP contribution in [0.3, 0.4) is 0 Å². The van der Waals surface area contributed by atoms with Gasteiger partial charge in [0, 0.05) is 5.46 Å². The fourth-order valence-corrected chi connectivity index (χ4v) is 0.688. The minimum Gasteiger partial charge on any atom is -0.506 e. The molecule has 1 rings (SSSR count). The lowest BCUT2D eigenvalue weighted by molar-refractivity contribution is 0.424. The molecule has 0 amide bonds. The fourth-order valence-electron chi connectivity index (χ4n) is 0.688. The second-order valence-corrected chi connectivity index (χ2v) is 2.04. The summed E-state index contributed by atoms with van der Waals surface area (Å²) in [7, 11) is -1.70. The second-order valence-electron chi connectivity index (χ2n) is 2.04. The van der Waals surface area contributed by atoms with Crippen LogP contribution in [0.2, 0.25) is 0 Å². The number of aromatic nitrogens is 1. The number of hydrogen-bond acceptors (Lipinski definition) is 5. The van der Waals surface area contributed by atoms with Crippen molar-refractivity contribution in [3.05, 3.63) is 12.3 Å². The molecule has 0 fully saturated rings. The van der Waals surface area contributed by atoms with Crippen LogP contribution in [0.5, 0.6) is 5.75 Å². The highest BCUT2D eigenvalue weighted by Gasteiger charge is 2.15. The van der Waals surface area contributed by atoms with Gasteiger partial charge in [-0.15, -0.1) is 0 Å². The maximum Gasteiger partial charge on any atom is 0.492 e. The molecule has 0 aliphatic rings. The van der Waals surface area contributed by atoms with E-state index in [4.69, 9.17) is 20.9 Å². The number of anilines is 1. The molecule has 0 aromatic carbocycles. The van der Waals surface area contributed by atoms with Crippen LogP contribution >= 0.6 is 0 Å². The van der Waals surface area contributed by atoms with Crippen LogP contribution in [0, 0.1) is 0 Å². The molecule has 11 heavy (non-hydrogen) atoms. The zero-order valence-electron chi connectivity index (χ0n) is 5.60. The monoisotopic (exact) mass is 154 g/mol. The maximum atomic E-state index is 8.85. The van der Waals surface area contributed by atoms with E-state index in [1.807, 2.05) is 0 Å². The van der Waals surface area contributed by atoms with Gasteiger partial charge in [0.05, 0.1) is 6.20 Å². The topological polar surface area (TPSA) is 99.6 Å². The molecule has 0 spiro atoms. The third-order valence-electron chi connectivity index (χ3n) is 1.21. The lowest BCUT2D eigenvalue weighted by Gasteiger charge is -2.02. The van der Waals surface area contributed by atoms with Crippen molar-refractivity contribution in [1.29, 1.82) is 0 Å². The van der Waals surface area contributed by atoms with E-state index in [0.717, 1.165) is 12.3 Å². The number of nitrogen functional groups attached to an aromatic ring is 1. The summed E-state index contributed by atoms with van der Waals surface area (Å²) in [6.45, 7) is 0. The van der Waals surface area contributed by atoms with Gasteiger partial charge in [-0.2, -0.15) is 0 Å². The Bertz CT molecular complexity index is 266. The SMILES string of the molecule is Nc1ncc(O)cc1B(O)O. The van der Waals surface area contributed by atoms with Gasteiger partial charge in [-0.25, -0.2) is 4.98 Å². The molecule has 5 N–H and O–H groups in total. The highest BCUT2D eigenvalue weighted by atomic mass is 16.4. The van der Waals surface area contributed by atoms with Crippen LogP contribution in [0.15, 0.2) is 12.3 Å². The minimum atomic E-state index is -1.70. The Labute approximate surface area is 63.3 Å². The highest BCUT2D eigenvalue weighted by molar-refractivity contribution is 6.60. The predicted molar refractivity (Wildman–Crippen MR) is 40.1 cm³/mol. The predicted octanol–water partition coefficient (Wildman–Crippen LogP) is -1.95. The van der Waals surface area contributed by atoms with E-state index in [1.54, 1.807) is 0 Å². The maximum absolute atomic E-state index is 8.85. The first-order valence-electron chi connectivity index (χ1n) is 2.92. The van der Waals surface area contributed by atoms with Crippen molar-refractivity contribution in [2.45, 2.75) is 0 Å². The van der Waals surface area contributed by atoms with Gasteiger partial charge in [0.25, 0.3) is 0 Å². The van der Waals surface area contributed by atoms with Gasteiger partial charge in [0.1, 0.15) is 11.6 Å². The Morgan fingerprint density at radius 2 is 2.09 bits per heavy atom. The molecule has 0 saturated carbocycles. The van der Waals surface area contributed by atoms with Crippen LogP contribution in [0.4, 0.5) is 5.82 Å². The van der Waals surface area contributed by atoms with Crippen molar-refractivity contribution in [2.75, 3.05) is 5.73 Å². The van der Waals surface area contributed by atoms with Crippen molar-refractivity contribution in [3.63, 3.8) is 0 Å². The third kappa shape index (κ3) is 1.60. The molecule has 0 atom stereocenters. The van der Waals surface area contributed by atoms with E-state index < -0.39 is 7.12 Å². The number of pyridine rings is 1. The Hall–Kier alpha value is -1.27. The average Bonchev–Trinajstić information content (AvgIpc) is 1.94. The number of hydrogen-bond donors (Lipinski definition) is 4. The number of nitrogens with zero attached hydrogens (tertiary/aromatic N) is 1. The Kier molecular flexibility index (Phi) is 1.97. The van der Waals surface area contributed by atoms with E-state index in [-0.39, 0.29) is 17.0 Å². The molecule has 1 aromatic rings. The first-order valence-corrected chi connectivity index (χ1v) is 2.92. The van der Waals surface area contributed by atoms with Gasteiger partial charge in [-0.3, -0.25) is 0 Å². The molecule has 6 heteroatoms. The summed E-state index contributed by atoms with van der Waals surface area (Å²) in [6, 6.07) is 1.15. The normalized spacial score (nSPS) is 9.64. The number of rotatable bonds is 1. The van der Waals surface area contributed by atoms with Gasteiger partial charge >= 0.3 is 7.12 Å². The summed E-state index contributed by atoms with van der Waals surface area (Å²) < 4.78 is 0. The molecule has 0 unspecified atom stereocenters. The van der Waals surface area contributed by atoms with E-state index in [2.05, 4.69) is 4.98 Å². The molecular weight excluding hydrogens is 147 g/mol. The molecule has 0 saturated heterocycles. The Balaban J connectivity index is 3.13. The molecule has 0 aliphatic carbocycles. The summed E-state index contributed by atoms with van der Waals surface area (Å²) in [4.78, 5) is 3.51. The smallest absolute Gasteiger partial charge is 0.492 e. The molecule has 5 nitrogen and oxygen atoms in total. The van der Waals surface area contributed by atoms with Gasteiger partial charge in [-0.05, 0) is 6.07 Å². The summed E-state index contributed by atoms with van der Waals surface area (Å²) >= 11 is 0. The van der Waals surface area contributed by atoms with Crippen molar-refractivity contribution in [1.82, 2.24) is 4.98 Å². The van der Waals surface area contributed by atoms with E-state index in [0.29, 0.717) is 0 Å². The zero-order chi connectivity index (χ0) is 8.43. The molecule has 58 valence electrons. The third-order valence-corrected chi connectivity index (χ3v) is 1.21. The molecule has 1 aromatic heterocycles. The second kappa shape index (κ2) is 2.77. The largest absolute Gasteiger partial charge is 0.506 e. The Morgan fingerprint density at radius 3 is 2.55 bits per heavy atom. The van der Waals surface area contributed by atoms with Crippen LogP contribution in [-0.4, -0.2) is 27.3 Å². The van der Waals surface area contributed by atoms with Crippen molar-refractivity contribution < 1.29 is 15.2 Å². The number of nitrogens with two attached hydrogens (primary N) is 1. The molecule has 0 radical (unpaired) electrons. The number of aromatic hydroxyl groups is 1. The lowest BCUT2D eigenvalue weighted by atomic mass is 9.80. The van der Waals surface area contributed by atoms with Crippen molar-refractivity contribution >= 4 is 18.4 Å². The van der Waals surface area contributed by atoms with E-state index >= 15 is 0 Å². The lowest BCUT2D eigenvalue weighted by Crippen LogP contribution is -2.32. The summed E-state index contributed by atoms with van der Waals surface area (Å²) in [5.41, 5.74) is 5.25. The van der Waals surface area contributed by atoms with E-state index in [9.17, 15) is 0 Å².